The largest absolute Gasteiger partial charge is 0.355 e. The maximum atomic E-state index is 11.9. The van der Waals surface area contributed by atoms with Gasteiger partial charge < -0.3 is 15.1 Å². The minimum Gasteiger partial charge on any atom is -0.355 e. The number of anilines is 1. The van der Waals surface area contributed by atoms with E-state index in [2.05, 4.69) is 19.2 Å². The van der Waals surface area contributed by atoms with Crippen molar-refractivity contribution in [2.75, 3.05) is 38.6 Å². The molecule has 2 amide bonds. The van der Waals surface area contributed by atoms with Gasteiger partial charge in [0.25, 0.3) is 0 Å². The van der Waals surface area contributed by atoms with E-state index in [-0.39, 0.29) is 11.8 Å². The molecule has 0 saturated heterocycles. The number of amides is 2. The third-order valence-corrected chi connectivity index (χ3v) is 3.70. The number of carbonyl (C=O) groups excluding carboxylic acids is 2. The molecular weight excluding hydrogens is 290 g/mol. The van der Waals surface area contributed by atoms with Crippen molar-refractivity contribution >= 4 is 17.5 Å². The first-order valence-corrected chi connectivity index (χ1v) is 8.10. The van der Waals surface area contributed by atoms with Crippen LogP contribution in [0.4, 0.5) is 5.69 Å². The Kier molecular flexibility index (Phi) is 7.75. The first kappa shape index (κ1) is 19.2. The van der Waals surface area contributed by atoms with Gasteiger partial charge in [0.1, 0.15) is 0 Å². The first-order valence-electron chi connectivity index (χ1n) is 8.10. The van der Waals surface area contributed by atoms with Gasteiger partial charge in [-0.15, -0.1) is 0 Å². The summed E-state index contributed by atoms with van der Waals surface area (Å²) >= 11 is 0. The molecule has 1 aromatic carbocycles. The molecule has 0 atom stereocenters. The summed E-state index contributed by atoms with van der Waals surface area (Å²) in [5, 5.41) is 2.87. The minimum absolute atomic E-state index is 0.0306. The highest BCUT2D eigenvalue weighted by molar-refractivity contribution is 5.92. The lowest BCUT2D eigenvalue weighted by molar-refractivity contribution is -0.121. The Hall–Kier alpha value is -1.88. The van der Waals surface area contributed by atoms with Crippen LogP contribution in [-0.4, -0.2) is 50.4 Å². The van der Waals surface area contributed by atoms with Crippen molar-refractivity contribution in [1.29, 1.82) is 0 Å². The molecule has 0 aromatic heterocycles. The second-order valence-corrected chi connectivity index (χ2v) is 6.32. The molecule has 1 aromatic rings. The van der Waals surface area contributed by atoms with E-state index in [1.165, 1.54) is 12.5 Å². The molecule has 1 rings (SSSR count). The summed E-state index contributed by atoms with van der Waals surface area (Å²) < 4.78 is 0. The van der Waals surface area contributed by atoms with Crippen LogP contribution in [0.3, 0.4) is 0 Å². The van der Waals surface area contributed by atoms with Crippen LogP contribution >= 0.6 is 0 Å². The van der Waals surface area contributed by atoms with Gasteiger partial charge in [-0.3, -0.25) is 9.59 Å². The van der Waals surface area contributed by atoms with Gasteiger partial charge in [-0.25, -0.2) is 0 Å². The van der Waals surface area contributed by atoms with E-state index in [0.717, 1.165) is 12.2 Å². The molecule has 0 spiro atoms. The second-order valence-electron chi connectivity index (χ2n) is 6.32. The highest BCUT2D eigenvalue weighted by atomic mass is 16.2. The maximum Gasteiger partial charge on any atom is 0.223 e. The van der Waals surface area contributed by atoms with Crippen LogP contribution in [0.2, 0.25) is 0 Å². The molecule has 0 fully saturated rings. The quantitative estimate of drug-likeness (QED) is 0.799. The number of likely N-dealkylation sites (N-methyl/N-ethyl adjacent to an activating group) is 1. The molecule has 0 radical (unpaired) electrons. The number of rotatable bonds is 8. The summed E-state index contributed by atoms with van der Waals surface area (Å²) in [4.78, 5) is 27.4. The lowest BCUT2D eigenvalue weighted by Crippen LogP contribution is -2.36. The smallest absolute Gasteiger partial charge is 0.223 e. The SMILES string of the molecule is CC(=O)N(CCC(=O)NCCN(C)C)c1ccc(C(C)C)cc1. The summed E-state index contributed by atoms with van der Waals surface area (Å²) in [7, 11) is 3.93. The summed E-state index contributed by atoms with van der Waals surface area (Å²) in [6.45, 7) is 7.61. The van der Waals surface area contributed by atoms with Gasteiger partial charge in [-0.1, -0.05) is 26.0 Å². The predicted octanol–water partition coefficient (Wildman–Crippen LogP) is 2.23. The van der Waals surface area contributed by atoms with Gasteiger partial charge in [0.05, 0.1) is 0 Å². The summed E-state index contributed by atoms with van der Waals surface area (Å²) in [6.07, 6.45) is 0.305. The van der Waals surface area contributed by atoms with Gasteiger partial charge >= 0.3 is 0 Å². The number of carbonyl (C=O) groups is 2. The molecule has 1 N–H and O–H groups in total. The fraction of sp³-hybridized carbons (Fsp3) is 0.556. The summed E-state index contributed by atoms with van der Waals surface area (Å²) in [5.41, 5.74) is 2.07. The zero-order valence-corrected chi connectivity index (χ0v) is 14.9. The topological polar surface area (TPSA) is 52.7 Å². The van der Waals surface area contributed by atoms with Crippen molar-refractivity contribution in [3.05, 3.63) is 29.8 Å². The molecular formula is C18H29N3O2. The van der Waals surface area contributed by atoms with Gasteiger partial charge in [0, 0.05) is 38.7 Å². The molecule has 0 aliphatic rings. The Morgan fingerprint density at radius 3 is 2.17 bits per heavy atom. The fourth-order valence-electron chi connectivity index (χ4n) is 2.23. The van der Waals surface area contributed by atoms with E-state index in [1.54, 1.807) is 4.90 Å². The third-order valence-electron chi connectivity index (χ3n) is 3.70. The molecule has 5 nitrogen and oxygen atoms in total. The van der Waals surface area contributed by atoms with Crippen molar-refractivity contribution in [2.24, 2.45) is 0 Å². The van der Waals surface area contributed by atoms with Gasteiger partial charge in [-0.2, -0.15) is 0 Å². The fourth-order valence-corrected chi connectivity index (χ4v) is 2.23. The van der Waals surface area contributed by atoms with E-state index >= 15 is 0 Å². The van der Waals surface area contributed by atoms with Crippen molar-refractivity contribution < 1.29 is 9.59 Å². The molecule has 0 bridgehead atoms. The predicted molar refractivity (Wildman–Crippen MR) is 94.7 cm³/mol. The second kappa shape index (κ2) is 9.30. The Bertz CT molecular complexity index is 510. The van der Waals surface area contributed by atoms with E-state index in [9.17, 15) is 9.59 Å². The number of hydrogen-bond acceptors (Lipinski definition) is 3. The summed E-state index contributed by atoms with van der Waals surface area (Å²) in [5.74, 6) is 0.373. The van der Waals surface area contributed by atoms with Gasteiger partial charge in [0.15, 0.2) is 0 Å². The number of hydrogen-bond donors (Lipinski definition) is 1. The van der Waals surface area contributed by atoms with Crippen LogP contribution in [0.25, 0.3) is 0 Å². The number of nitrogens with one attached hydrogen (secondary N) is 1. The third kappa shape index (κ3) is 6.82. The van der Waals surface area contributed by atoms with Gasteiger partial charge in [-0.05, 0) is 37.7 Å². The van der Waals surface area contributed by atoms with Crippen LogP contribution in [0.5, 0.6) is 0 Å². The van der Waals surface area contributed by atoms with E-state index in [1.807, 2.05) is 43.3 Å². The number of benzene rings is 1. The van der Waals surface area contributed by atoms with Crippen molar-refractivity contribution in [1.82, 2.24) is 10.2 Å². The average molecular weight is 319 g/mol. The van der Waals surface area contributed by atoms with Crippen LogP contribution in [0.15, 0.2) is 24.3 Å². The van der Waals surface area contributed by atoms with Crippen LogP contribution in [0, 0.1) is 0 Å². The zero-order chi connectivity index (χ0) is 17.4. The number of nitrogens with zero attached hydrogens (tertiary/aromatic N) is 2. The lowest BCUT2D eigenvalue weighted by Gasteiger charge is -2.21. The molecule has 0 aliphatic heterocycles. The zero-order valence-electron chi connectivity index (χ0n) is 14.9. The van der Waals surface area contributed by atoms with Gasteiger partial charge in [0.2, 0.25) is 11.8 Å². The molecule has 128 valence electrons. The molecule has 23 heavy (non-hydrogen) atoms. The van der Waals surface area contributed by atoms with Crippen molar-refractivity contribution in [2.45, 2.75) is 33.1 Å². The van der Waals surface area contributed by atoms with E-state index in [0.29, 0.717) is 25.4 Å². The van der Waals surface area contributed by atoms with E-state index in [4.69, 9.17) is 0 Å². The monoisotopic (exact) mass is 319 g/mol. The summed E-state index contributed by atoms with van der Waals surface area (Å²) in [6, 6.07) is 7.96. The average Bonchev–Trinajstić information content (AvgIpc) is 2.47. The van der Waals surface area contributed by atoms with Crippen molar-refractivity contribution in [3.63, 3.8) is 0 Å². The van der Waals surface area contributed by atoms with Crippen LogP contribution < -0.4 is 10.2 Å². The van der Waals surface area contributed by atoms with Crippen LogP contribution in [0.1, 0.15) is 38.7 Å². The molecule has 0 aliphatic carbocycles. The first-order chi connectivity index (χ1) is 10.8. The maximum absolute atomic E-state index is 11.9. The Labute approximate surface area is 139 Å². The highest BCUT2D eigenvalue weighted by Crippen LogP contribution is 2.20. The lowest BCUT2D eigenvalue weighted by atomic mass is 10.0. The molecule has 0 saturated carbocycles. The van der Waals surface area contributed by atoms with E-state index < -0.39 is 0 Å². The van der Waals surface area contributed by atoms with Crippen molar-refractivity contribution in [3.8, 4) is 0 Å². The standard InChI is InChI=1S/C18H29N3O2/c1-14(2)16-6-8-17(9-7-16)21(15(3)22)12-10-18(23)19-11-13-20(4)5/h6-9,14H,10-13H2,1-5H3,(H,19,23). The molecule has 5 heteroatoms. The Balaban J connectivity index is 2.58. The Morgan fingerprint density at radius 1 is 1.09 bits per heavy atom. The molecule has 0 heterocycles. The van der Waals surface area contributed by atoms with Crippen LogP contribution in [-0.2, 0) is 9.59 Å². The molecule has 0 unspecified atom stereocenters. The normalized spacial score (nSPS) is 10.9. The Morgan fingerprint density at radius 2 is 1.70 bits per heavy atom. The highest BCUT2D eigenvalue weighted by Gasteiger charge is 2.13. The minimum atomic E-state index is -0.0524.